The second kappa shape index (κ2) is 5.46. The van der Waals surface area contributed by atoms with Crippen LogP contribution in [0, 0.1) is 10.1 Å². The van der Waals surface area contributed by atoms with Crippen LogP contribution in [0.15, 0.2) is 29.2 Å². The Kier molecular flexibility index (Phi) is 3.89. The van der Waals surface area contributed by atoms with Crippen LogP contribution in [0.2, 0.25) is 0 Å². The summed E-state index contributed by atoms with van der Waals surface area (Å²) in [5.41, 5.74) is 0.468. The number of carbonyl (C=O) groups excluding carboxylic acids is 2. The van der Waals surface area contributed by atoms with E-state index in [9.17, 15) is 19.7 Å². The molecular formula is C13H12N2O4S. The van der Waals surface area contributed by atoms with Crippen molar-refractivity contribution in [2.75, 3.05) is 0 Å². The van der Waals surface area contributed by atoms with E-state index < -0.39 is 4.92 Å². The monoisotopic (exact) mass is 292 g/mol. The molecule has 0 atom stereocenters. The number of non-ortho nitro benzene ring substituents is 1. The smallest absolute Gasteiger partial charge is 0.268 e. The fraction of sp³-hybridized carbons (Fsp3) is 0.231. The van der Waals surface area contributed by atoms with Crippen LogP contribution in [0.5, 0.6) is 0 Å². The molecule has 104 valence electrons. The zero-order valence-corrected chi connectivity index (χ0v) is 11.7. The highest BCUT2D eigenvalue weighted by Gasteiger charge is 2.36. The molecule has 0 aromatic heterocycles. The van der Waals surface area contributed by atoms with E-state index in [0.717, 1.165) is 11.8 Å². The van der Waals surface area contributed by atoms with E-state index in [-0.39, 0.29) is 27.8 Å². The first-order valence-corrected chi connectivity index (χ1v) is 6.73. The lowest BCUT2D eigenvalue weighted by molar-refractivity contribution is -0.384. The van der Waals surface area contributed by atoms with Crippen molar-refractivity contribution in [3.63, 3.8) is 0 Å². The fourth-order valence-corrected chi connectivity index (χ4v) is 2.77. The van der Waals surface area contributed by atoms with E-state index in [1.807, 2.05) is 0 Å². The predicted octanol–water partition coefficient (Wildman–Crippen LogP) is 3.04. The van der Waals surface area contributed by atoms with Gasteiger partial charge in [-0.25, -0.2) is 0 Å². The number of benzene rings is 1. The van der Waals surface area contributed by atoms with Crippen LogP contribution < -0.4 is 0 Å². The van der Waals surface area contributed by atoms with E-state index in [1.54, 1.807) is 19.9 Å². The van der Waals surface area contributed by atoms with Gasteiger partial charge in [0.2, 0.25) is 0 Å². The van der Waals surface area contributed by atoms with Gasteiger partial charge in [-0.15, -0.1) is 0 Å². The van der Waals surface area contributed by atoms with Crippen molar-refractivity contribution >= 4 is 34.7 Å². The molecule has 1 aromatic carbocycles. The van der Waals surface area contributed by atoms with Gasteiger partial charge >= 0.3 is 0 Å². The highest BCUT2D eigenvalue weighted by atomic mass is 32.2. The van der Waals surface area contributed by atoms with E-state index in [0.29, 0.717) is 5.56 Å². The Morgan fingerprint density at radius 3 is 2.60 bits per heavy atom. The van der Waals surface area contributed by atoms with Crippen molar-refractivity contribution in [3.05, 3.63) is 44.8 Å². The molecule has 2 amide bonds. The molecule has 0 spiro atoms. The van der Waals surface area contributed by atoms with Gasteiger partial charge in [-0.1, -0.05) is 12.1 Å². The van der Waals surface area contributed by atoms with Crippen molar-refractivity contribution in [1.29, 1.82) is 0 Å². The highest BCUT2D eigenvalue weighted by molar-refractivity contribution is 8.18. The van der Waals surface area contributed by atoms with Crippen LogP contribution in [-0.4, -0.2) is 27.0 Å². The number of hydrogen-bond donors (Lipinski definition) is 0. The molecule has 0 bridgehead atoms. The Labute approximate surface area is 119 Å². The second-order valence-electron chi connectivity index (χ2n) is 4.50. The Bertz CT molecular complexity index is 625. The summed E-state index contributed by atoms with van der Waals surface area (Å²) in [6.07, 6.45) is 1.50. The number of nitro groups is 1. The molecule has 0 saturated carbocycles. The van der Waals surface area contributed by atoms with E-state index in [4.69, 9.17) is 0 Å². The van der Waals surface area contributed by atoms with Crippen LogP contribution in [-0.2, 0) is 4.79 Å². The molecule has 1 fully saturated rings. The lowest BCUT2D eigenvalue weighted by Crippen LogP contribution is -2.34. The fourth-order valence-electron chi connectivity index (χ4n) is 1.80. The van der Waals surface area contributed by atoms with Crippen molar-refractivity contribution < 1.29 is 14.5 Å². The lowest BCUT2D eigenvalue weighted by atomic mass is 10.2. The maximum absolute atomic E-state index is 12.1. The normalized spacial score (nSPS) is 17.4. The maximum atomic E-state index is 12.1. The van der Waals surface area contributed by atoms with Gasteiger partial charge in [0.25, 0.3) is 16.8 Å². The molecule has 2 rings (SSSR count). The van der Waals surface area contributed by atoms with Crippen molar-refractivity contribution in [1.82, 2.24) is 4.90 Å². The molecule has 0 aliphatic carbocycles. The first-order chi connectivity index (χ1) is 9.40. The minimum atomic E-state index is -0.503. The van der Waals surface area contributed by atoms with Gasteiger partial charge in [0, 0.05) is 18.2 Å². The number of imide groups is 1. The molecule has 1 saturated heterocycles. The van der Waals surface area contributed by atoms with Gasteiger partial charge in [0.1, 0.15) is 0 Å². The highest BCUT2D eigenvalue weighted by Crippen LogP contribution is 2.33. The van der Waals surface area contributed by atoms with E-state index in [1.165, 1.54) is 29.2 Å². The average Bonchev–Trinajstić information content (AvgIpc) is 2.64. The molecule has 1 aliphatic heterocycles. The molecule has 0 radical (unpaired) electrons. The first kappa shape index (κ1) is 14.3. The minimum Gasteiger partial charge on any atom is -0.268 e. The Balaban J connectivity index is 2.33. The predicted molar refractivity (Wildman–Crippen MR) is 76.0 cm³/mol. The molecule has 6 nitrogen and oxygen atoms in total. The lowest BCUT2D eigenvalue weighted by Gasteiger charge is -2.16. The van der Waals surface area contributed by atoms with Gasteiger partial charge < -0.3 is 0 Å². The van der Waals surface area contributed by atoms with Crippen LogP contribution in [0.3, 0.4) is 0 Å². The molecule has 1 aromatic rings. The van der Waals surface area contributed by atoms with Gasteiger partial charge in [0.15, 0.2) is 0 Å². The Morgan fingerprint density at radius 2 is 2.05 bits per heavy atom. The summed E-state index contributed by atoms with van der Waals surface area (Å²) in [5.74, 6) is -0.360. The maximum Gasteiger partial charge on any atom is 0.293 e. The third-order valence-electron chi connectivity index (χ3n) is 2.72. The first-order valence-electron chi connectivity index (χ1n) is 5.91. The van der Waals surface area contributed by atoms with Gasteiger partial charge in [-0.2, -0.15) is 0 Å². The topological polar surface area (TPSA) is 80.5 Å². The van der Waals surface area contributed by atoms with Crippen LogP contribution >= 0.6 is 11.8 Å². The number of nitro benzene ring substituents is 1. The van der Waals surface area contributed by atoms with Gasteiger partial charge in [-0.3, -0.25) is 24.6 Å². The average molecular weight is 292 g/mol. The molecule has 1 heterocycles. The van der Waals surface area contributed by atoms with Crippen molar-refractivity contribution in [2.24, 2.45) is 0 Å². The number of amides is 2. The molecule has 0 unspecified atom stereocenters. The van der Waals surface area contributed by atoms with Crippen LogP contribution in [0.4, 0.5) is 10.5 Å². The summed E-state index contributed by atoms with van der Waals surface area (Å²) >= 11 is 0.848. The second-order valence-corrected chi connectivity index (χ2v) is 5.49. The summed E-state index contributed by atoms with van der Waals surface area (Å²) in [6, 6.07) is 5.71. The van der Waals surface area contributed by atoms with E-state index in [2.05, 4.69) is 0 Å². The van der Waals surface area contributed by atoms with Crippen molar-refractivity contribution in [3.8, 4) is 0 Å². The van der Waals surface area contributed by atoms with Gasteiger partial charge in [-0.05, 0) is 37.2 Å². The summed E-state index contributed by atoms with van der Waals surface area (Å²) in [6.45, 7) is 3.51. The third-order valence-corrected chi connectivity index (χ3v) is 3.60. The van der Waals surface area contributed by atoms with E-state index >= 15 is 0 Å². The zero-order chi connectivity index (χ0) is 14.9. The Hall–Kier alpha value is -2.15. The minimum absolute atomic E-state index is 0.0539. The third kappa shape index (κ3) is 2.72. The number of hydrogen-bond acceptors (Lipinski definition) is 5. The number of carbonyl (C=O) groups is 2. The number of thioether (sulfide) groups is 1. The van der Waals surface area contributed by atoms with Gasteiger partial charge in [0.05, 0.1) is 9.83 Å². The van der Waals surface area contributed by atoms with Crippen LogP contribution in [0.1, 0.15) is 19.4 Å². The summed E-state index contributed by atoms with van der Waals surface area (Å²) in [4.78, 5) is 35.4. The molecular weight excluding hydrogens is 280 g/mol. The summed E-state index contributed by atoms with van der Waals surface area (Å²) in [7, 11) is 0. The van der Waals surface area contributed by atoms with Crippen LogP contribution in [0.25, 0.3) is 6.08 Å². The molecule has 0 N–H and O–H groups in total. The largest absolute Gasteiger partial charge is 0.293 e. The SMILES string of the molecule is CC(C)N1C(=O)S/C(=C/c2cccc([N+](=O)[O-])c2)C1=O. The molecule has 1 aliphatic rings. The quantitative estimate of drug-likeness (QED) is 0.486. The summed E-state index contributed by atoms with van der Waals surface area (Å²) in [5, 5.41) is 10.4. The molecule has 7 heteroatoms. The Morgan fingerprint density at radius 1 is 1.35 bits per heavy atom. The number of nitrogens with zero attached hydrogens (tertiary/aromatic N) is 2. The van der Waals surface area contributed by atoms with Crippen molar-refractivity contribution in [2.45, 2.75) is 19.9 Å². The zero-order valence-electron chi connectivity index (χ0n) is 10.9. The molecule has 20 heavy (non-hydrogen) atoms. The summed E-state index contributed by atoms with van der Waals surface area (Å²) < 4.78 is 0. The number of rotatable bonds is 3. The standard InChI is InChI=1S/C13H12N2O4S/c1-8(2)14-12(16)11(20-13(14)17)7-9-4-3-5-10(6-9)15(18)19/h3-8H,1-2H3/b11-7+.